The summed E-state index contributed by atoms with van der Waals surface area (Å²) < 4.78 is 4.97. The van der Waals surface area contributed by atoms with Crippen LogP contribution in [0.5, 0.6) is 5.75 Å². The van der Waals surface area contributed by atoms with Crippen LogP contribution in [0.15, 0.2) is 72.9 Å². The van der Waals surface area contributed by atoms with E-state index < -0.39 is 0 Å². The maximum atomic E-state index is 4.97. The quantitative estimate of drug-likeness (QED) is 0.534. The number of nitrogens with zero attached hydrogens (tertiary/aromatic N) is 1. The van der Waals surface area contributed by atoms with Gasteiger partial charge in [-0.3, -0.25) is 0 Å². The molecule has 122 valence electrons. The monoisotopic (exact) mass is 318 g/mol. The van der Waals surface area contributed by atoms with Crippen molar-refractivity contribution in [3.63, 3.8) is 0 Å². The Morgan fingerprint density at radius 1 is 0.958 bits per heavy atom. The maximum Gasteiger partial charge on any atom is 0.127 e. The second kappa shape index (κ2) is 8.16. The molecule has 0 bridgehead atoms. The zero-order chi connectivity index (χ0) is 16.6. The van der Waals surface area contributed by atoms with Gasteiger partial charge in [-0.2, -0.15) is 0 Å². The van der Waals surface area contributed by atoms with Crippen LogP contribution >= 0.6 is 0 Å². The van der Waals surface area contributed by atoms with E-state index in [0.717, 1.165) is 31.0 Å². The molecule has 24 heavy (non-hydrogen) atoms. The van der Waals surface area contributed by atoms with E-state index in [1.165, 1.54) is 16.0 Å². The molecule has 2 aromatic rings. The first-order valence-corrected chi connectivity index (χ1v) is 8.24. The fourth-order valence-corrected chi connectivity index (χ4v) is 2.54. The molecule has 0 radical (unpaired) electrons. The molecule has 1 heterocycles. The van der Waals surface area contributed by atoms with Crippen molar-refractivity contribution in [3.8, 4) is 5.75 Å². The largest absolute Gasteiger partial charge is 0.496 e. The summed E-state index contributed by atoms with van der Waals surface area (Å²) in [5.41, 5.74) is 1.39. The minimum absolute atomic E-state index is 0.954. The number of pyridine rings is 1. The molecule has 0 spiro atoms. The summed E-state index contributed by atoms with van der Waals surface area (Å²) in [6.07, 6.45) is 4.04. The predicted molar refractivity (Wildman–Crippen MR) is 98.2 cm³/mol. The first-order chi connectivity index (χ1) is 11.9. The number of hydrogen-bond donors (Lipinski definition) is 1. The molecule has 3 nitrogen and oxygen atoms in total. The molecule has 3 heteroatoms. The van der Waals surface area contributed by atoms with Crippen LogP contribution in [0, 0.1) is 10.4 Å². The Balaban J connectivity index is 0.000000175. The van der Waals surface area contributed by atoms with E-state index in [1.807, 2.05) is 24.3 Å². The van der Waals surface area contributed by atoms with E-state index in [9.17, 15) is 0 Å². The van der Waals surface area contributed by atoms with Gasteiger partial charge < -0.3 is 10.1 Å². The molecule has 0 saturated heterocycles. The summed E-state index contributed by atoms with van der Waals surface area (Å²) in [5.74, 6) is 1.98. The second-order valence-corrected chi connectivity index (χ2v) is 5.65. The van der Waals surface area contributed by atoms with Crippen LogP contribution in [0.3, 0.4) is 0 Å². The molecule has 0 unspecified atom stereocenters. The lowest BCUT2D eigenvalue weighted by Gasteiger charge is -2.08. The van der Waals surface area contributed by atoms with E-state index >= 15 is 0 Å². The SMILES string of the molecule is COc1cc2ccc1=2.c1ccc(CCCNc2ccccn2)cc1. The topological polar surface area (TPSA) is 34.1 Å². The highest BCUT2D eigenvalue weighted by Gasteiger charge is 2.03. The number of aryl methyl sites for hydroxylation is 1. The van der Waals surface area contributed by atoms with Gasteiger partial charge in [-0.15, -0.1) is 0 Å². The zero-order valence-electron chi connectivity index (χ0n) is 13.9. The van der Waals surface area contributed by atoms with Crippen LogP contribution in [-0.2, 0) is 6.42 Å². The molecule has 2 aliphatic carbocycles. The molecule has 2 aliphatic rings. The maximum absolute atomic E-state index is 4.97. The average Bonchev–Trinajstić information content (AvgIpc) is 2.63. The summed E-state index contributed by atoms with van der Waals surface area (Å²) in [4.78, 5) is 4.21. The van der Waals surface area contributed by atoms with E-state index in [0.29, 0.717) is 0 Å². The van der Waals surface area contributed by atoms with Crippen molar-refractivity contribution >= 4 is 5.82 Å². The lowest BCUT2D eigenvalue weighted by atomic mass is 10.1. The number of nitrogens with one attached hydrogen (secondary N) is 1. The lowest BCUT2D eigenvalue weighted by Crippen LogP contribution is -2.03. The summed E-state index contributed by atoms with van der Waals surface area (Å²) in [6.45, 7) is 0.964. The Morgan fingerprint density at radius 3 is 2.33 bits per heavy atom. The molecule has 1 aromatic heterocycles. The van der Waals surface area contributed by atoms with Crippen LogP contribution in [-0.4, -0.2) is 18.6 Å². The molecule has 1 N–H and O–H groups in total. The molecule has 0 fully saturated rings. The van der Waals surface area contributed by atoms with Gasteiger partial charge in [-0.05, 0) is 41.8 Å². The highest BCUT2D eigenvalue weighted by molar-refractivity contribution is 5.38. The van der Waals surface area contributed by atoms with Crippen molar-refractivity contribution in [1.82, 2.24) is 4.98 Å². The third-order valence-electron chi connectivity index (χ3n) is 3.97. The van der Waals surface area contributed by atoms with Gasteiger partial charge in [-0.25, -0.2) is 4.98 Å². The number of rotatable bonds is 6. The highest BCUT2D eigenvalue weighted by Crippen LogP contribution is 2.22. The van der Waals surface area contributed by atoms with Gasteiger partial charge >= 0.3 is 0 Å². The number of aromatic nitrogens is 1. The highest BCUT2D eigenvalue weighted by atomic mass is 16.5. The summed E-state index contributed by atoms with van der Waals surface area (Å²) in [7, 11) is 1.70. The van der Waals surface area contributed by atoms with Crippen molar-refractivity contribution in [1.29, 1.82) is 0 Å². The number of anilines is 1. The Morgan fingerprint density at radius 2 is 1.79 bits per heavy atom. The molecule has 0 amide bonds. The van der Waals surface area contributed by atoms with Crippen molar-refractivity contribution in [2.45, 2.75) is 12.8 Å². The minimum atomic E-state index is 0.954. The molecule has 1 aromatic carbocycles. The molecular formula is C21H22N2O. The molecule has 0 atom stereocenters. The van der Waals surface area contributed by atoms with Gasteiger partial charge in [0.1, 0.15) is 11.6 Å². The lowest BCUT2D eigenvalue weighted by molar-refractivity contribution is 0.407. The molecular weight excluding hydrogens is 296 g/mol. The van der Waals surface area contributed by atoms with Crippen LogP contribution in [0.4, 0.5) is 5.82 Å². The summed E-state index contributed by atoms with van der Waals surface area (Å²) >= 11 is 0. The number of benzene rings is 2. The Kier molecular flexibility index (Phi) is 5.46. The fourth-order valence-electron chi connectivity index (χ4n) is 2.54. The molecule has 0 aliphatic heterocycles. The Hall–Kier alpha value is -2.81. The third kappa shape index (κ3) is 4.13. The van der Waals surface area contributed by atoms with Gasteiger partial charge in [0.15, 0.2) is 0 Å². The second-order valence-electron chi connectivity index (χ2n) is 5.65. The first-order valence-electron chi connectivity index (χ1n) is 8.24. The van der Waals surface area contributed by atoms with Gasteiger partial charge in [0, 0.05) is 18.0 Å². The number of methoxy groups -OCH3 is 1. The average molecular weight is 318 g/mol. The van der Waals surface area contributed by atoms with Gasteiger partial charge in [-0.1, -0.05) is 48.5 Å². The zero-order valence-corrected chi connectivity index (χ0v) is 13.9. The van der Waals surface area contributed by atoms with E-state index in [-0.39, 0.29) is 0 Å². The van der Waals surface area contributed by atoms with Crippen molar-refractivity contribution in [2.75, 3.05) is 19.0 Å². The van der Waals surface area contributed by atoms with Gasteiger partial charge in [0.25, 0.3) is 0 Å². The Bertz CT molecular complexity index is 807. The van der Waals surface area contributed by atoms with Crippen molar-refractivity contribution < 1.29 is 4.74 Å². The van der Waals surface area contributed by atoms with E-state index in [1.54, 1.807) is 13.3 Å². The van der Waals surface area contributed by atoms with Crippen LogP contribution < -0.4 is 10.1 Å². The van der Waals surface area contributed by atoms with Crippen LogP contribution in [0.25, 0.3) is 0 Å². The summed E-state index contributed by atoms with van der Waals surface area (Å²) in [6, 6.07) is 22.6. The third-order valence-corrected chi connectivity index (χ3v) is 3.97. The van der Waals surface area contributed by atoms with E-state index in [4.69, 9.17) is 4.74 Å². The normalized spacial score (nSPS) is 10.4. The number of ether oxygens (including phenoxy) is 1. The predicted octanol–water partition coefficient (Wildman–Crippen LogP) is 4.42. The first kappa shape index (κ1) is 16.1. The summed E-state index contributed by atoms with van der Waals surface area (Å²) in [5, 5.41) is 5.92. The van der Waals surface area contributed by atoms with E-state index in [2.05, 4.69) is 52.8 Å². The Labute approximate surface area is 142 Å². The molecule has 4 rings (SSSR count). The fraction of sp³-hybridized carbons (Fsp3) is 0.190. The van der Waals surface area contributed by atoms with Crippen molar-refractivity contribution in [2.24, 2.45) is 0 Å². The minimum Gasteiger partial charge on any atom is -0.496 e. The van der Waals surface area contributed by atoms with Gasteiger partial charge in [0.05, 0.1) is 7.11 Å². The van der Waals surface area contributed by atoms with Crippen molar-refractivity contribution in [3.05, 3.63) is 88.9 Å². The smallest absolute Gasteiger partial charge is 0.127 e. The van der Waals surface area contributed by atoms with Gasteiger partial charge in [0.2, 0.25) is 0 Å². The van der Waals surface area contributed by atoms with Crippen LogP contribution in [0.1, 0.15) is 12.0 Å². The molecule has 0 saturated carbocycles. The standard InChI is InChI=1S/C14H16N2.C7H6O/c1-2-7-13(8-3-1)9-6-12-16-14-10-4-5-11-15-14;1-8-7-4-5-2-3-6(5)7/h1-5,7-8,10-11H,6,9,12H2,(H,15,16);2-4H,1H3. The van der Waals surface area contributed by atoms with Crippen LogP contribution in [0.2, 0.25) is 0 Å². The number of hydrogen-bond acceptors (Lipinski definition) is 3.